The number of para-hydroxylation sites is 1. The molecule has 2 nitrogen and oxygen atoms in total. The first-order valence-corrected chi connectivity index (χ1v) is 8.01. The van der Waals surface area contributed by atoms with Crippen LogP contribution in [0.3, 0.4) is 0 Å². The third kappa shape index (κ3) is 3.15. The Morgan fingerprint density at radius 3 is 2.81 bits per heavy atom. The van der Waals surface area contributed by atoms with E-state index in [1.54, 1.807) is 0 Å². The topological polar surface area (TPSA) is 30.0 Å². The molecule has 110 valence electrons. The van der Waals surface area contributed by atoms with Gasteiger partial charge in [-0.2, -0.15) is 0 Å². The molecule has 0 spiro atoms. The van der Waals surface area contributed by atoms with Gasteiger partial charge in [-0.1, -0.05) is 38.1 Å². The van der Waals surface area contributed by atoms with Crippen molar-refractivity contribution in [1.82, 2.24) is 4.98 Å². The van der Waals surface area contributed by atoms with Gasteiger partial charge in [-0.3, -0.25) is 9.78 Å². The molecule has 1 heterocycles. The van der Waals surface area contributed by atoms with E-state index in [2.05, 4.69) is 32.0 Å². The van der Waals surface area contributed by atoms with Gasteiger partial charge in [0, 0.05) is 23.4 Å². The monoisotopic (exact) mass is 281 g/mol. The molecular weight excluding hydrogens is 258 g/mol. The van der Waals surface area contributed by atoms with Crippen LogP contribution in [-0.4, -0.2) is 10.8 Å². The van der Waals surface area contributed by atoms with Crippen molar-refractivity contribution in [2.24, 2.45) is 17.8 Å². The van der Waals surface area contributed by atoms with Crippen molar-refractivity contribution in [1.29, 1.82) is 0 Å². The highest BCUT2D eigenvalue weighted by molar-refractivity contribution is 5.82. The molecule has 0 radical (unpaired) electrons. The minimum absolute atomic E-state index is 0.166. The fraction of sp³-hybridized carbons (Fsp3) is 0.474. The number of benzene rings is 1. The van der Waals surface area contributed by atoms with E-state index in [1.165, 1.54) is 0 Å². The molecule has 2 unspecified atom stereocenters. The Balaban J connectivity index is 1.78. The lowest BCUT2D eigenvalue weighted by atomic mass is 9.74. The molecule has 2 heteroatoms. The Morgan fingerprint density at radius 2 is 2.00 bits per heavy atom. The molecule has 21 heavy (non-hydrogen) atoms. The average molecular weight is 281 g/mol. The van der Waals surface area contributed by atoms with Gasteiger partial charge in [-0.15, -0.1) is 0 Å². The van der Waals surface area contributed by atoms with Crippen molar-refractivity contribution in [3.05, 3.63) is 42.1 Å². The third-order valence-corrected chi connectivity index (χ3v) is 4.86. The minimum atomic E-state index is 0.166. The number of ketones is 1. The van der Waals surface area contributed by atoms with Crippen LogP contribution in [0.4, 0.5) is 0 Å². The number of pyridine rings is 1. The third-order valence-electron chi connectivity index (χ3n) is 4.86. The number of carbonyl (C=O) groups is 1. The lowest BCUT2D eigenvalue weighted by Gasteiger charge is -2.30. The van der Waals surface area contributed by atoms with Crippen molar-refractivity contribution >= 4 is 16.7 Å². The minimum Gasteiger partial charge on any atom is -0.299 e. The second-order valence-corrected chi connectivity index (χ2v) is 6.64. The number of rotatable bonds is 3. The predicted molar refractivity (Wildman–Crippen MR) is 86.1 cm³/mol. The Hall–Kier alpha value is -1.70. The van der Waals surface area contributed by atoms with E-state index < -0.39 is 0 Å². The predicted octanol–water partition coefficient (Wildman–Crippen LogP) is 4.42. The molecule has 0 N–H and O–H groups in total. The summed E-state index contributed by atoms with van der Waals surface area (Å²) in [6.07, 6.45) is 3.65. The highest BCUT2D eigenvalue weighted by Crippen LogP contribution is 2.33. The summed E-state index contributed by atoms with van der Waals surface area (Å²) < 4.78 is 0. The van der Waals surface area contributed by atoms with Gasteiger partial charge >= 0.3 is 0 Å². The van der Waals surface area contributed by atoms with Gasteiger partial charge < -0.3 is 0 Å². The van der Waals surface area contributed by atoms with E-state index >= 15 is 0 Å². The van der Waals surface area contributed by atoms with Crippen LogP contribution in [0.1, 0.15) is 38.8 Å². The molecule has 1 saturated carbocycles. The summed E-state index contributed by atoms with van der Waals surface area (Å²) >= 11 is 0. The zero-order valence-electron chi connectivity index (χ0n) is 12.9. The van der Waals surface area contributed by atoms with Crippen molar-refractivity contribution in [3.8, 4) is 0 Å². The summed E-state index contributed by atoms with van der Waals surface area (Å²) in [4.78, 5) is 16.9. The van der Waals surface area contributed by atoms with E-state index in [1.807, 2.05) is 18.2 Å². The standard InChI is InChI=1S/C19H23NO/c1-13(2)15-8-10-19(21)16(11-15)12-17-9-7-14-5-3-4-6-18(14)20-17/h3-7,9,13,15-16H,8,10-12H2,1-2H3. The van der Waals surface area contributed by atoms with Gasteiger partial charge in [-0.05, 0) is 43.2 Å². The number of hydrogen-bond donors (Lipinski definition) is 0. The van der Waals surface area contributed by atoms with Gasteiger partial charge in [0.15, 0.2) is 0 Å². The van der Waals surface area contributed by atoms with Crippen LogP contribution in [0.25, 0.3) is 10.9 Å². The lowest BCUT2D eigenvalue weighted by Crippen LogP contribution is -2.29. The summed E-state index contributed by atoms with van der Waals surface area (Å²) in [6, 6.07) is 12.4. The maximum absolute atomic E-state index is 12.2. The zero-order valence-corrected chi connectivity index (χ0v) is 12.9. The molecule has 1 aliphatic rings. The SMILES string of the molecule is CC(C)C1CCC(=O)C(Cc2ccc3ccccc3n2)C1. The number of nitrogens with zero attached hydrogens (tertiary/aromatic N) is 1. The van der Waals surface area contributed by atoms with Crippen molar-refractivity contribution in [2.75, 3.05) is 0 Å². The van der Waals surface area contributed by atoms with Crippen LogP contribution < -0.4 is 0 Å². The molecule has 0 saturated heterocycles. The second kappa shape index (κ2) is 5.97. The summed E-state index contributed by atoms with van der Waals surface area (Å²) in [5.41, 5.74) is 2.08. The van der Waals surface area contributed by atoms with Gasteiger partial charge in [0.1, 0.15) is 5.78 Å². The zero-order chi connectivity index (χ0) is 14.8. The van der Waals surface area contributed by atoms with E-state index in [9.17, 15) is 4.79 Å². The van der Waals surface area contributed by atoms with Crippen LogP contribution in [0.2, 0.25) is 0 Å². The van der Waals surface area contributed by atoms with Crippen molar-refractivity contribution in [3.63, 3.8) is 0 Å². The summed E-state index contributed by atoms with van der Waals surface area (Å²) in [6.45, 7) is 4.54. The maximum Gasteiger partial charge on any atom is 0.136 e. The van der Waals surface area contributed by atoms with E-state index in [4.69, 9.17) is 4.98 Å². The molecule has 0 amide bonds. The molecule has 1 aromatic heterocycles. The van der Waals surface area contributed by atoms with E-state index in [0.717, 1.165) is 42.3 Å². The Morgan fingerprint density at radius 1 is 1.19 bits per heavy atom. The van der Waals surface area contributed by atoms with Gasteiger partial charge in [0.05, 0.1) is 5.52 Å². The maximum atomic E-state index is 12.2. The number of aromatic nitrogens is 1. The molecule has 3 rings (SSSR count). The first-order valence-electron chi connectivity index (χ1n) is 8.01. The Bertz CT molecular complexity index is 647. The number of carbonyl (C=O) groups excluding carboxylic acids is 1. The van der Waals surface area contributed by atoms with Crippen LogP contribution >= 0.6 is 0 Å². The quantitative estimate of drug-likeness (QED) is 0.833. The summed E-state index contributed by atoms with van der Waals surface area (Å²) in [5.74, 6) is 1.96. The molecule has 1 fully saturated rings. The second-order valence-electron chi connectivity index (χ2n) is 6.64. The van der Waals surface area contributed by atoms with E-state index in [0.29, 0.717) is 17.6 Å². The Labute approximate surface area is 126 Å². The summed E-state index contributed by atoms with van der Waals surface area (Å²) in [7, 11) is 0. The summed E-state index contributed by atoms with van der Waals surface area (Å²) in [5, 5.41) is 1.16. The molecule has 2 aromatic rings. The average Bonchev–Trinajstić information content (AvgIpc) is 2.49. The van der Waals surface area contributed by atoms with Crippen LogP contribution in [-0.2, 0) is 11.2 Å². The van der Waals surface area contributed by atoms with Gasteiger partial charge in [-0.25, -0.2) is 0 Å². The highest BCUT2D eigenvalue weighted by atomic mass is 16.1. The molecule has 1 aliphatic carbocycles. The van der Waals surface area contributed by atoms with Crippen molar-refractivity contribution in [2.45, 2.75) is 39.5 Å². The number of fused-ring (bicyclic) bond motifs is 1. The first-order chi connectivity index (χ1) is 10.1. The van der Waals surface area contributed by atoms with E-state index in [-0.39, 0.29) is 5.92 Å². The van der Waals surface area contributed by atoms with Crippen LogP contribution in [0, 0.1) is 17.8 Å². The smallest absolute Gasteiger partial charge is 0.136 e. The largest absolute Gasteiger partial charge is 0.299 e. The Kier molecular flexibility index (Phi) is 4.05. The lowest BCUT2D eigenvalue weighted by molar-refractivity contribution is -0.125. The first kappa shape index (κ1) is 14.2. The van der Waals surface area contributed by atoms with Gasteiger partial charge in [0.2, 0.25) is 0 Å². The normalized spacial score (nSPS) is 22.9. The fourth-order valence-corrected chi connectivity index (χ4v) is 3.42. The fourth-order valence-electron chi connectivity index (χ4n) is 3.42. The molecule has 0 aliphatic heterocycles. The number of Topliss-reactive ketones (excluding diaryl/α,β-unsaturated/α-hetero) is 1. The molecule has 2 atom stereocenters. The van der Waals surface area contributed by atoms with Crippen LogP contribution in [0.5, 0.6) is 0 Å². The molecule has 1 aromatic carbocycles. The molecular formula is C19H23NO. The van der Waals surface area contributed by atoms with Crippen LogP contribution in [0.15, 0.2) is 36.4 Å². The number of hydrogen-bond acceptors (Lipinski definition) is 2. The van der Waals surface area contributed by atoms with Gasteiger partial charge in [0.25, 0.3) is 0 Å². The molecule has 0 bridgehead atoms. The van der Waals surface area contributed by atoms with Crippen molar-refractivity contribution < 1.29 is 4.79 Å². The highest BCUT2D eigenvalue weighted by Gasteiger charge is 2.30.